The molecule has 0 bridgehead atoms. The fraction of sp³-hybridized carbons (Fsp3) is 0.389. The highest BCUT2D eigenvalue weighted by atomic mass is 32.1. The summed E-state index contributed by atoms with van der Waals surface area (Å²) in [6, 6.07) is 10.2. The van der Waals surface area contributed by atoms with Crippen molar-refractivity contribution in [2.45, 2.75) is 31.6 Å². The number of rotatable bonds is 4. The smallest absolute Gasteiger partial charge is 0.222 e. The van der Waals surface area contributed by atoms with Crippen molar-refractivity contribution < 1.29 is 4.79 Å². The summed E-state index contributed by atoms with van der Waals surface area (Å²) >= 11 is 1.69. The molecule has 124 valence electrons. The number of aromatic amines is 1. The Labute approximate surface area is 144 Å². The van der Waals surface area contributed by atoms with Crippen LogP contribution in [-0.2, 0) is 11.2 Å². The number of hydrogen-bond acceptors (Lipinski definition) is 4. The fourth-order valence-corrected chi connectivity index (χ4v) is 4.30. The Balaban J connectivity index is 1.30. The van der Waals surface area contributed by atoms with Crippen LogP contribution in [0.1, 0.15) is 35.9 Å². The highest BCUT2D eigenvalue weighted by molar-refractivity contribution is 7.18. The zero-order valence-corrected chi connectivity index (χ0v) is 14.3. The van der Waals surface area contributed by atoms with Gasteiger partial charge in [-0.2, -0.15) is 5.10 Å². The molecule has 0 saturated carbocycles. The molecule has 0 radical (unpaired) electrons. The molecule has 0 unspecified atom stereocenters. The van der Waals surface area contributed by atoms with E-state index in [0.29, 0.717) is 12.3 Å². The van der Waals surface area contributed by atoms with Crippen LogP contribution in [0.3, 0.4) is 0 Å². The van der Waals surface area contributed by atoms with Crippen LogP contribution in [0.4, 0.5) is 0 Å². The Morgan fingerprint density at radius 2 is 2.08 bits per heavy atom. The van der Waals surface area contributed by atoms with Gasteiger partial charge in [-0.05, 0) is 31.0 Å². The normalized spacial score (nSPS) is 15.9. The second kappa shape index (κ2) is 6.73. The summed E-state index contributed by atoms with van der Waals surface area (Å²) in [5, 5.41) is 8.12. The number of carbonyl (C=O) groups excluding carboxylic acids is 1. The third-order valence-electron chi connectivity index (χ3n) is 4.70. The number of nitrogens with zero attached hydrogens (tertiary/aromatic N) is 3. The van der Waals surface area contributed by atoms with Crippen LogP contribution in [0.5, 0.6) is 0 Å². The molecule has 0 aliphatic carbocycles. The van der Waals surface area contributed by atoms with Gasteiger partial charge in [-0.25, -0.2) is 4.98 Å². The molecule has 3 aromatic rings. The number of aromatic nitrogens is 3. The Bertz CT molecular complexity index is 786. The SMILES string of the molecule is O=C(CCc1nc2ccccc2s1)N1CCC(c2ccn[nH]2)CC1. The molecule has 1 amide bonds. The van der Waals surface area contributed by atoms with Gasteiger partial charge in [-0.15, -0.1) is 11.3 Å². The predicted molar refractivity (Wildman–Crippen MR) is 95.1 cm³/mol. The average molecular weight is 340 g/mol. The average Bonchev–Trinajstić information content (AvgIpc) is 3.29. The Hall–Kier alpha value is -2.21. The van der Waals surface area contributed by atoms with Crippen LogP contribution in [0.2, 0.25) is 0 Å². The lowest BCUT2D eigenvalue weighted by molar-refractivity contribution is -0.132. The number of fused-ring (bicyclic) bond motifs is 1. The van der Waals surface area contributed by atoms with E-state index in [2.05, 4.69) is 21.2 Å². The van der Waals surface area contributed by atoms with Gasteiger partial charge >= 0.3 is 0 Å². The molecule has 3 heterocycles. The molecule has 5 nitrogen and oxygen atoms in total. The number of H-pyrrole nitrogens is 1. The first-order chi connectivity index (χ1) is 11.8. The van der Waals surface area contributed by atoms with E-state index in [-0.39, 0.29) is 5.91 Å². The van der Waals surface area contributed by atoms with E-state index in [1.807, 2.05) is 29.2 Å². The number of aryl methyl sites for hydroxylation is 1. The molecule has 1 aliphatic heterocycles. The maximum atomic E-state index is 12.5. The van der Waals surface area contributed by atoms with Crippen LogP contribution in [0, 0.1) is 0 Å². The first kappa shape index (κ1) is 15.3. The van der Waals surface area contributed by atoms with Gasteiger partial charge in [0.15, 0.2) is 0 Å². The van der Waals surface area contributed by atoms with Crippen molar-refractivity contribution in [1.82, 2.24) is 20.1 Å². The largest absolute Gasteiger partial charge is 0.343 e. The minimum atomic E-state index is 0.248. The second-order valence-electron chi connectivity index (χ2n) is 6.24. The van der Waals surface area contributed by atoms with Crippen molar-refractivity contribution in [2.75, 3.05) is 13.1 Å². The Morgan fingerprint density at radius 3 is 2.83 bits per heavy atom. The first-order valence-corrected chi connectivity index (χ1v) is 9.23. The third-order valence-corrected chi connectivity index (χ3v) is 5.80. The van der Waals surface area contributed by atoms with Crippen molar-refractivity contribution >= 4 is 27.5 Å². The van der Waals surface area contributed by atoms with Gasteiger partial charge < -0.3 is 4.90 Å². The standard InChI is InChI=1S/C18H20N4OS/c23-18(6-5-17-20-15-3-1-2-4-16(15)24-17)22-11-8-13(9-12-22)14-7-10-19-21-14/h1-4,7,10,13H,5-6,8-9,11-12H2,(H,19,21). The van der Waals surface area contributed by atoms with E-state index >= 15 is 0 Å². The number of thiazole rings is 1. The summed E-state index contributed by atoms with van der Waals surface area (Å²) in [5.74, 6) is 0.748. The molecule has 1 aliphatic rings. The summed E-state index contributed by atoms with van der Waals surface area (Å²) in [6.45, 7) is 1.67. The molecule has 1 N–H and O–H groups in total. The second-order valence-corrected chi connectivity index (χ2v) is 7.36. The van der Waals surface area contributed by atoms with Crippen LogP contribution in [-0.4, -0.2) is 39.1 Å². The van der Waals surface area contributed by atoms with E-state index in [9.17, 15) is 4.79 Å². The number of carbonyl (C=O) groups is 1. The van der Waals surface area contributed by atoms with Gasteiger partial charge in [0, 0.05) is 43.7 Å². The summed E-state index contributed by atoms with van der Waals surface area (Å²) in [5.41, 5.74) is 2.22. The summed E-state index contributed by atoms with van der Waals surface area (Å²) in [6.07, 6.45) is 5.10. The maximum absolute atomic E-state index is 12.5. The number of piperidine rings is 1. The predicted octanol–water partition coefficient (Wildman–Crippen LogP) is 3.36. The van der Waals surface area contributed by atoms with Gasteiger partial charge in [-0.1, -0.05) is 12.1 Å². The maximum Gasteiger partial charge on any atom is 0.222 e. The van der Waals surface area contributed by atoms with Crippen molar-refractivity contribution in [2.24, 2.45) is 0 Å². The van der Waals surface area contributed by atoms with Gasteiger partial charge in [0.1, 0.15) is 0 Å². The molecular formula is C18H20N4OS. The molecule has 1 fully saturated rings. The molecule has 1 aromatic carbocycles. The van der Waals surface area contributed by atoms with Crippen LogP contribution < -0.4 is 0 Å². The molecule has 4 rings (SSSR count). The number of amides is 1. The summed E-state index contributed by atoms with van der Waals surface area (Å²) in [7, 11) is 0. The molecule has 6 heteroatoms. The van der Waals surface area contributed by atoms with Crippen LogP contribution in [0.25, 0.3) is 10.2 Å². The number of benzene rings is 1. The van der Waals surface area contributed by atoms with Crippen molar-refractivity contribution in [1.29, 1.82) is 0 Å². The van der Waals surface area contributed by atoms with Gasteiger partial charge in [0.25, 0.3) is 0 Å². The number of likely N-dealkylation sites (tertiary alicyclic amines) is 1. The lowest BCUT2D eigenvalue weighted by atomic mass is 9.93. The molecule has 0 spiro atoms. The van der Waals surface area contributed by atoms with Crippen molar-refractivity contribution in [3.8, 4) is 0 Å². The quantitative estimate of drug-likeness (QED) is 0.792. The molecule has 0 atom stereocenters. The van der Waals surface area contributed by atoms with Crippen LogP contribution in [0.15, 0.2) is 36.5 Å². The van der Waals surface area contributed by atoms with E-state index < -0.39 is 0 Å². The van der Waals surface area contributed by atoms with Crippen molar-refractivity contribution in [3.05, 3.63) is 47.2 Å². The highest BCUT2D eigenvalue weighted by Gasteiger charge is 2.24. The summed E-state index contributed by atoms with van der Waals surface area (Å²) in [4.78, 5) is 19.1. The van der Waals surface area contributed by atoms with Crippen LogP contribution >= 0.6 is 11.3 Å². The molecule has 1 saturated heterocycles. The molecular weight excluding hydrogens is 320 g/mol. The Morgan fingerprint density at radius 1 is 1.25 bits per heavy atom. The molecule has 2 aromatic heterocycles. The van der Waals surface area contributed by atoms with E-state index in [1.165, 1.54) is 10.4 Å². The Kier molecular flexibility index (Phi) is 4.30. The zero-order valence-electron chi connectivity index (χ0n) is 13.4. The fourth-order valence-electron chi connectivity index (χ4n) is 3.33. The third kappa shape index (κ3) is 3.19. The monoisotopic (exact) mass is 340 g/mol. The van der Waals surface area contributed by atoms with E-state index in [1.54, 1.807) is 17.5 Å². The molecule has 24 heavy (non-hydrogen) atoms. The van der Waals surface area contributed by atoms with E-state index in [0.717, 1.165) is 42.9 Å². The van der Waals surface area contributed by atoms with Gasteiger partial charge in [0.2, 0.25) is 5.91 Å². The summed E-state index contributed by atoms with van der Waals surface area (Å²) < 4.78 is 1.19. The van der Waals surface area contributed by atoms with Gasteiger partial charge in [0.05, 0.1) is 15.2 Å². The van der Waals surface area contributed by atoms with Gasteiger partial charge in [-0.3, -0.25) is 9.89 Å². The first-order valence-electron chi connectivity index (χ1n) is 8.41. The highest BCUT2D eigenvalue weighted by Crippen LogP contribution is 2.27. The van der Waals surface area contributed by atoms with Crippen molar-refractivity contribution in [3.63, 3.8) is 0 Å². The topological polar surface area (TPSA) is 61.9 Å². The lowest BCUT2D eigenvalue weighted by Crippen LogP contribution is -2.38. The number of para-hydroxylation sites is 1. The number of nitrogens with one attached hydrogen (secondary N) is 1. The van der Waals surface area contributed by atoms with E-state index in [4.69, 9.17) is 0 Å². The minimum absolute atomic E-state index is 0.248. The number of hydrogen-bond donors (Lipinski definition) is 1. The lowest BCUT2D eigenvalue weighted by Gasteiger charge is -2.31. The zero-order chi connectivity index (χ0) is 16.4. The minimum Gasteiger partial charge on any atom is -0.343 e.